The molecule has 15 atom stereocenters. The highest BCUT2D eigenvalue weighted by molar-refractivity contribution is 5.86. The number of rotatable bonds is 23. The summed E-state index contributed by atoms with van der Waals surface area (Å²) in [4.78, 5) is 73.6. The highest BCUT2D eigenvalue weighted by Gasteiger charge is 2.52. The first-order valence-corrected chi connectivity index (χ1v) is 18.8. The van der Waals surface area contributed by atoms with Crippen molar-refractivity contribution in [3.05, 3.63) is 0 Å². The number of aliphatic hydroxyl groups excluding tert-OH is 10. The largest absolute Gasteiger partial charge is 0.394 e. The first kappa shape index (κ1) is 52.4. The first-order valence-electron chi connectivity index (χ1n) is 18.8. The van der Waals surface area contributed by atoms with E-state index in [4.69, 9.17) is 45.6 Å². The van der Waals surface area contributed by atoms with Crippen LogP contribution in [0.25, 0.3) is 0 Å². The van der Waals surface area contributed by atoms with Crippen molar-refractivity contribution >= 4 is 35.4 Å². The monoisotopic (exact) mass is 904 g/mol. The van der Waals surface area contributed by atoms with Crippen molar-refractivity contribution in [1.29, 1.82) is 0 Å². The van der Waals surface area contributed by atoms with Gasteiger partial charge in [0.05, 0.1) is 65.7 Å². The minimum Gasteiger partial charge on any atom is -0.394 e. The lowest BCUT2D eigenvalue weighted by Crippen LogP contribution is -2.65. The van der Waals surface area contributed by atoms with E-state index in [-0.39, 0.29) is 6.54 Å². The Hall–Kier alpha value is -3.90. The lowest BCUT2D eigenvalue weighted by Gasteiger charge is -2.46. The molecule has 356 valence electrons. The molecule has 0 aromatic carbocycles. The minimum atomic E-state index is -1.98. The third kappa shape index (κ3) is 15.4. The van der Waals surface area contributed by atoms with Crippen molar-refractivity contribution in [2.45, 2.75) is 92.1 Å². The van der Waals surface area contributed by atoms with Gasteiger partial charge in [-0.3, -0.25) is 49.4 Å². The molecule has 0 aromatic heterocycles. The van der Waals surface area contributed by atoms with E-state index in [1.807, 2.05) is 10.9 Å². The molecule has 3 saturated heterocycles. The molecule has 30 nitrogen and oxygen atoms in total. The Morgan fingerprint density at radius 2 is 0.919 bits per heavy atom. The number of carbonyl (C=O) groups is 6. The molecule has 0 bridgehead atoms. The summed E-state index contributed by atoms with van der Waals surface area (Å²) in [5.41, 5.74) is 19.5. The Balaban J connectivity index is 1.62. The summed E-state index contributed by atoms with van der Waals surface area (Å²) in [7, 11) is 0. The van der Waals surface area contributed by atoms with Crippen molar-refractivity contribution < 1.29 is 108 Å². The number of aliphatic hydroxyl groups is 10. The van der Waals surface area contributed by atoms with Gasteiger partial charge in [0.15, 0.2) is 18.9 Å². The molecule has 6 amide bonds. The number of primary amides is 3. The minimum absolute atomic E-state index is 0.335. The van der Waals surface area contributed by atoms with Gasteiger partial charge in [0.1, 0.15) is 73.2 Å². The molecule has 0 saturated carbocycles. The van der Waals surface area contributed by atoms with E-state index in [0.717, 1.165) is 9.80 Å². The Labute approximate surface area is 351 Å². The van der Waals surface area contributed by atoms with Crippen LogP contribution in [0.15, 0.2) is 0 Å². The molecule has 0 radical (unpaired) electrons. The molecule has 3 rings (SSSR count). The second-order valence-corrected chi connectivity index (χ2v) is 14.4. The molecule has 3 aliphatic heterocycles. The summed E-state index contributed by atoms with van der Waals surface area (Å²) < 4.78 is 33.0. The van der Waals surface area contributed by atoms with Crippen LogP contribution in [0.4, 0.5) is 0 Å². The number of hydrazine groups is 1. The van der Waals surface area contributed by atoms with Gasteiger partial charge in [-0.05, 0) is 0 Å². The molecule has 0 unspecified atom stereocenters. The smallest absolute Gasteiger partial charge is 0.252 e. The van der Waals surface area contributed by atoms with E-state index < -0.39 is 193 Å². The van der Waals surface area contributed by atoms with Gasteiger partial charge in [-0.25, -0.2) is 0 Å². The number of ether oxygens (including phenoxy) is 6. The van der Waals surface area contributed by atoms with E-state index >= 15 is 0 Å². The van der Waals surface area contributed by atoms with Crippen LogP contribution in [0, 0.1) is 0 Å². The van der Waals surface area contributed by atoms with Crippen molar-refractivity contribution in [3.8, 4) is 0 Å². The summed E-state index contributed by atoms with van der Waals surface area (Å²) in [5, 5.41) is 105. The van der Waals surface area contributed by atoms with Gasteiger partial charge >= 0.3 is 0 Å². The fraction of sp³-hybridized carbons (Fsp3) is 0.812. The highest BCUT2D eigenvalue weighted by Crippen LogP contribution is 2.31. The number of hydrogen-bond acceptors (Lipinski definition) is 24. The maximum atomic E-state index is 12.8. The van der Waals surface area contributed by atoms with Crippen LogP contribution in [0.3, 0.4) is 0 Å². The summed E-state index contributed by atoms with van der Waals surface area (Å²) in [5.74, 6) is -5.28. The van der Waals surface area contributed by atoms with E-state index in [0.29, 0.717) is 0 Å². The van der Waals surface area contributed by atoms with Crippen molar-refractivity contribution in [2.75, 3.05) is 72.2 Å². The summed E-state index contributed by atoms with van der Waals surface area (Å²) >= 11 is 0. The van der Waals surface area contributed by atoms with E-state index in [2.05, 4.69) is 5.32 Å². The number of nitrogens with two attached hydrogens (primary N) is 3. The van der Waals surface area contributed by atoms with Crippen LogP contribution in [-0.4, -0.2) is 261 Å². The van der Waals surface area contributed by atoms with Gasteiger partial charge in [0.2, 0.25) is 23.6 Å². The molecule has 62 heavy (non-hydrogen) atoms. The molecule has 3 fully saturated rings. The van der Waals surface area contributed by atoms with E-state index in [1.54, 1.807) is 0 Å². The standard InChI is InChI=1S/C32H56N8O22/c33-15(43)3-39(4-16(34)44)7-19(47)37-38-20(48)8-40(5-17(35)45)6-18(46)36-1-2-57-31-28(56)29(62-32-27(55)25(53)22(50)13(10-42)60-32)23(51)14(61-31)11-58-30-26(54)24(52)21(49)12(9-41)59-30/h12-14,21-32,41-42,49-56H,1-11H2,(H2,33,43)(H2,34,44)(H2,35,45)(H,36,46)(H,37,47)(H,38,48)/t12-,13-,14-,21-,22-,23-,24+,25+,26+,27+,28+,29+,30+,31+,32-/m1/s1. The molecule has 3 heterocycles. The Morgan fingerprint density at radius 3 is 1.40 bits per heavy atom. The van der Waals surface area contributed by atoms with Crippen LogP contribution >= 0.6 is 0 Å². The fourth-order valence-electron chi connectivity index (χ4n) is 6.31. The van der Waals surface area contributed by atoms with Gasteiger partial charge in [-0.2, -0.15) is 0 Å². The SMILES string of the molecule is NC(=O)CN(CC(N)=O)CC(=O)NNC(=O)CN(CC(N)=O)CC(=O)NCCO[C@H]1O[C@H](CO[C@H]2O[C@H](CO)[C@@H](O)[C@H](O)[C@@H]2O)[C@@H](O)[C@H](O[C@H]2O[C@H](CO)[C@@H](O)[C@H](O)[C@@H]2O)[C@@H]1O. The zero-order valence-electron chi connectivity index (χ0n) is 32.9. The quantitative estimate of drug-likeness (QED) is 0.0334. The molecule has 30 heteroatoms. The molecule has 3 aliphatic rings. The zero-order chi connectivity index (χ0) is 46.4. The third-order valence-electron chi connectivity index (χ3n) is 9.34. The van der Waals surface area contributed by atoms with Crippen LogP contribution in [0.2, 0.25) is 0 Å². The van der Waals surface area contributed by atoms with Gasteiger partial charge in [0.25, 0.3) is 11.8 Å². The number of nitrogens with zero attached hydrogens (tertiary/aromatic N) is 2. The molecule has 0 aromatic rings. The van der Waals surface area contributed by atoms with Crippen LogP contribution in [0.5, 0.6) is 0 Å². The molecule has 19 N–H and O–H groups in total. The average Bonchev–Trinajstić information content (AvgIpc) is 3.19. The maximum Gasteiger partial charge on any atom is 0.252 e. The Kier molecular flexibility index (Phi) is 21.0. The lowest BCUT2D eigenvalue weighted by molar-refractivity contribution is -0.366. The zero-order valence-corrected chi connectivity index (χ0v) is 32.9. The maximum absolute atomic E-state index is 12.8. The normalized spacial score (nSPS) is 33.8. The second-order valence-electron chi connectivity index (χ2n) is 14.4. The summed E-state index contributed by atoms with van der Waals surface area (Å²) in [6.45, 7) is -6.61. The van der Waals surface area contributed by atoms with Crippen molar-refractivity contribution in [2.24, 2.45) is 17.2 Å². The summed E-state index contributed by atoms with van der Waals surface area (Å²) in [6, 6.07) is 0. The number of hydrogen-bond donors (Lipinski definition) is 16. The second kappa shape index (κ2) is 24.8. The van der Waals surface area contributed by atoms with E-state index in [1.165, 1.54) is 0 Å². The molecular weight excluding hydrogens is 848 g/mol. The topological polar surface area (TPSA) is 481 Å². The van der Waals surface area contributed by atoms with Crippen LogP contribution in [0.1, 0.15) is 0 Å². The van der Waals surface area contributed by atoms with Crippen molar-refractivity contribution in [3.63, 3.8) is 0 Å². The van der Waals surface area contributed by atoms with Gasteiger partial charge in [-0.1, -0.05) is 0 Å². The highest BCUT2D eigenvalue weighted by atomic mass is 16.7. The molecular formula is C32H56N8O22. The fourth-order valence-corrected chi connectivity index (χ4v) is 6.31. The lowest BCUT2D eigenvalue weighted by atomic mass is 9.96. The number of amides is 6. The average molecular weight is 905 g/mol. The van der Waals surface area contributed by atoms with Crippen LogP contribution in [-0.2, 0) is 57.2 Å². The number of nitrogens with one attached hydrogen (secondary N) is 3. The predicted molar refractivity (Wildman–Crippen MR) is 195 cm³/mol. The first-order chi connectivity index (χ1) is 29.2. The van der Waals surface area contributed by atoms with E-state index in [9.17, 15) is 79.8 Å². The van der Waals surface area contributed by atoms with Crippen molar-refractivity contribution in [1.82, 2.24) is 26.0 Å². The Morgan fingerprint density at radius 1 is 0.500 bits per heavy atom. The molecule has 0 aliphatic carbocycles. The third-order valence-corrected chi connectivity index (χ3v) is 9.34. The van der Waals surface area contributed by atoms with Gasteiger partial charge < -0.3 is 102 Å². The Bertz CT molecular complexity index is 1490. The van der Waals surface area contributed by atoms with Gasteiger partial charge in [0, 0.05) is 6.54 Å². The summed E-state index contributed by atoms with van der Waals surface area (Å²) in [6.07, 6.45) is -26.5. The van der Waals surface area contributed by atoms with Crippen LogP contribution < -0.4 is 33.4 Å². The molecule has 0 spiro atoms. The predicted octanol–water partition coefficient (Wildman–Crippen LogP) is -13.2. The van der Waals surface area contributed by atoms with Gasteiger partial charge in [-0.15, -0.1) is 0 Å². The number of carbonyl (C=O) groups excluding carboxylic acids is 6.